The fourth-order valence-corrected chi connectivity index (χ4v) is 2.81. The van der Waals surface area contributed by atoms with Crippen LogP contribution in [0, 0.1) is 0 Å². The van der Waals surface area contributed by atoms with Gasteiger partial charge in [-0.15, -0.1) is 0 Å². The molecule has 1 amide bonds. The predicted octanol–water partition coefficient (Wildman–Crippen LogP) is 0.980. The van der Waals surface area contributed by atoms with Gasteiger partial charge in [-0.3, -0.25) is 4.79 Å². The summed E-state index contributed by atoms with van der Waals surface area (Å²) in [6.45, 7) is 3.08. The van der Waals surface area contributed by atoms with E-state index in [-0.39, 0.29) is 18.1 Å². The molecule has 1 fully saturated rings. The number of ether oxygens (including phenoxy) is 1. The van der Waals surface area contributed by atoms with Crippen LogP contribution in [0.1, 0.15) is 19.4 Å². The maximum atomic E-state index is 12.6. The highest BCUT2D eigenvalue weighted by Crippen LogP contribution is 2.27. The van der Waals surface area contributed by atoms with E-state index in [2.05, 4.69) is 15.1 Å². The molecule has 0 radical (unpaired) electrons. The van der Waals surface area contributed by atoms with Crippen LogP contribution in [0.25, 0.3) is 0 Å². The van der Waals surface area contributed by atoms with Gasteiger partial charge >= 0.3 is 0 Å². The van der Waals surface area contributed by atoms with Gasteiger partial charge < -0.3 is 14.5 Å². The highest BCUT2D eigenvalue weighted by atomic mass is 16.5. The minimum absolute atomic E-state index is 0.0280. The lowest BCUT2D eigenvalue weighted by atomic mass is 10.3. The number of carbonyl (C=O) groups is 1. The van der Waals surface area contributed by atoms with Gasteiger partial charge in [0.1, 0.15) is 24.8 Å². The smallest absolute Gasteiger partial charge is 0.247 e. The van der Waals surface area contributed by atoms with Crippen molar-refractivity contribution in [3.8, 4) is 5.75 Å². The van der Waals surface area contributed by atoms with E-state index in [1.54, 1.807) is 17.2 Å². The Morgan fingerprint density at radius 1 is 1.46 bits per heavy atom. The summed E-state index contributed by atoms with van der Waals surface area (Å²) in [6.07, 6.45) is 5.51. The molecule has 24 heavy (non-hydrogen) atoms. The third-order valence-electron chi connectivity index (χ3n) is 4.12. The van der Waals surface area contributed by atoms with Crippen LogP contribution in [0.15, 0.2) is 31.0 Å². The number of likely N-dealkylation sites (tertiary alicyclic amines) is 1. The second-order valence-corrected chi connectivity index (χ2v) is 6.08. The van der Waals surface area contributed by atoms with E-state index in [0.29, 0.717) is 13.1 Å². The molecule has 0 bridgehead atoms. The first-order valence-corrected chi connectivity index (χ1v) is 7.98. The standard InChI is InChI=1S/C16H22N6O2/c1-12(22-11-17-10-19-22)16(23)21-8-6-13(9-21)24-14-5-4-7-18-15(14)20(2)3/h4-5,7,10-13H,6,8-9H2,1-3H3/t12-,13+/m0/s1. The lowest BCUT2D eigenvalue weighted by Gasteiger charge is -2.22. The Hall–Kier alpha value is -2.64. The lowest BCUT2D eigenvalue weighted by Crippen LogP contribution is -2.36. The molecule has 1 aliphatic rings. The third kappa shape index (κ3) is 3.32. The molecule has 0 aromatic carbocycles. The van der Waals surface area contributed by atoms with Gasteiger partial charge in [0.25, 0.3) is 0 Å². The number of hydrogen-bond acceptors (Lipinski definition) is 6. The fourth-order valence-electron chi connectivity index (χ4n) is 2.81. The molecule has 0 N–H and O–H groups in total. The van der Waals surface area contributed by atoms with Gasteiger partial charge in [-0.1, -0.05) is 0 Å². The molecular formula is C16H22N6O2. The predicted molar refractivity (Wildman–Crippen MR) is 88.9 cm³/mol. The number of pyridine rings is 1. The Labute approximate surface area is 141 Å². The van der Waals surface area contributed by atoms with Crippen molar-refractivity contribution in [2.45, 2.75) is 25.5 Å². The van der Waals surface area contributed by atoms with E-state index in [1.807, 2.05) is 43.0 Å². The number of amides is 1. The Bertz CT molecular complexity index is 688. The largest absolute Gasteiger partial charge is 0.485 e. The zero-order valence-corrected chi connectivity index (χ0v) is 14.2. The first kappa shape index (κ1) is 16.2. The Morgan fingerprint density at radius 3 is 3.00 bits per heavy atom. The van der Waals surface area contributed by atoms with Crippen LogP contribution >= 0.6 is 0 Å². The number of carbonyl (C=O) groups excluding carboxylic acids is 1. The van der Waals surface area contributed by atoms with E-state index in [4.69, 9.17) is 4.74 Å². The van der Waals surface area contributed by atoms with Gasteiger partial charge in [0.05, 0.1) is 6.54 Å². The van der Waals surface area contributed by atoms with Gasteiger partial charge in [0.2, 0.25) is 5.91 Å². The third-order valence-corrected chi connectivity index (χ3v) is 4.12. The molecule has 8 heteroatoms. The van der Waals surface area contributed by atoms with E-state index in [1.165, 1.54) is 6.33 Å². The lowest BCUT2D eigenvalue weighted by molar-refractivity contribution is -0.133. The van der Waals surface area contributed by atoms with Crippen molar-refractivity contribution in [2.24, 2.45) is 0 Å². The average molecular weight is 330 g/mol. The highest BCUT2D eigenvalue weighted by molar-refractivity contribution is 5.80. The minimum atomic E-state index is -0.359. The number of hydrogen-bond donors (Lipinski definition) is 0. The Kier molecular flexibility index (Phi) is 4.64. The van der Waals surface area contributed by atoms with Crippen LogP contribution in [0.4, 0.5) is 5.82 Å². The summed E-state index contributed by atoms with van der Waals surface area (Å²) in [5, 5.41) is 4.04. The average Bonchev–Trinajstić information content (AvgIpc) is 3.25. The minimum Gasteiger partial charge on any atom is -0.485 e. The molecule has 0 saturated carbocycles. The van der Waals surface area contributed by atoms with Gasteiger partial charge in [-0.25, -0.2) is 14.6 Å². The maximum Gasteiger partial charge on any atom is 0.247 e. The molecule has 2 atom stereocenters. The molecule has 2 aromatic heterocycles. The molecule has 128 valence electrons. The van der Waals surface area contributed by atoms with E-state index in [9.17, 15) is 4.79 Å². The molecule has 0 unspecified atom stereocenters. The normalized spacial score (nSPS) is 18.5. The number of anilines is 1. The van der Waals surface area contributed by atoms with Crippen LogP contribution in [0.2, 0.25) is 0 Å². The number of rotatable bonds is 5. The van der Waals surface area contributed by atoms with Crippen molar-refractivity contribution < 1.29 is 9.53 Å². The van der Waals surface area contributed by atoms with E-state index < -0.39 is 0 Å². The first-order valence-electron chi connectivity index (χ1n) is 7.98. The molecule has 8 nitrogen and oxygen atoms in total. The van der Waals surface area contributed by atoms with Gasteiger partial charge in [-0.05, 0) is 19.1 Å². The van der Waals surface area contributed by atoms with Crippen LogP contribution in [-0.2, 0) is 4.79 Å². The molecule has 0 spiro atoms. The topological polar surface area (TPSA) is 76.4 Å². The second kappa shape index (κ2) is 6.86. The summed E-state index contributed by atoms with van der Waals surface area (Å²) < 4.78 is 7.66. The molecular weight excluding hydrogens is 308 g/mol. The van der Waals surface area contributed by atoms with Crippen LogP contribution in [-0.4, -0.2) is 63.8 Å². The second-order valence-electron chi connectivity index (χ2n) is 6.08. The molecule has 3 heterocycles. The van der Waals surface area contributed by atoms with Crippen molar-refractivity contribution >= 4 is 11.7 Å². The molecule has 1 saturated heterocycles. The summed E-state index contributed by atoms with van der Waals surface area (Å²) in [4.78, 5) is 24.5. The monoisotopic (exact) mass is 330 g/mol. The Balaban J connectivity index is 1.63. The zero-order chi connectivity index (χ0) is 17.1. The summed E-state index contributed by atoms with van der Waals surface area (Å²) in [5.74, 6) is 1.56. The quantitative estimate of drug-likeness (QED) is 0.813. The van der Waals surface area contributed by atoms with Crippen molar-refractivity contribution in [3.63, 3.8) is 0 Å². The van der Waals surface area contributed by atoms with Crippen LogP contribution in [0.5, 0.6) is 5.75 Å². The first-order chi connectivity index (χ1) is 11.6. The van der Waals surface area contributed by atoms with E-state index >= 15 is 0 Å². The zero-order valence-electron chi connectivity index (χ0n) is 14.2. The van der Waals surface area contributed by atoms with Gasteiger partial charge in [0.15, 0.2) is 11.6 Å². The van der Waals surface area contributed by atoms with Crippen molar-refractivity contribution in [1.82, 2.24) is 24.6 Å². The van der Waals surface area contributed by atoms with Gasteiger partial charge in [-0.2, -0.15) is 5.10 Å². The molecule has 2 aromatic rings. The molecule has 1 aliphatic heterocycles. The van der Waals surface area contributed by atoms with Crippen LogP contribution in [0.3, 0.4) is 0 Å². The molecule has 3 rings (SSSR count). The maximum absolute atomic E-state index is 12.6. The molecule has 0 aliphatic carbocycles. The number of nitrogens with zero attached hydrogens (tertiary/aromatic N) is 6. The van der Waals surface area contributed by atoms with Crippen LogP contribution < -0.4 is 9.64 Å². The van der Waals surface area contributed by atoms with E-state index in [0.717, 1.165) is 18.0 Å². The number of aromatic nitrogens is 4. The van der Waals surface area contributed by atoms with Crippen molar-refractivity contribution in [1.29, 1.82) is 0 Å². The summed E-state index contributed by atoms with van der Waals surface area (Å²) in [6, 6.07) is 3.40. The summed E-state index contributed by atoms with van der Waals surface area (Å²) in [7, 11) is 3.86. The SMILES string of the molecule is C[C@@H](C(=O)N1CC[C@@H](Oc2cccnc2N(C)C)C1)n1cncn1. The van der Waals surface area contributed by atoms with Gasteiger partial charge in [0, 0.05) is 33.3 Å². The fraction of sp³-hybridized carbons (Fsp3) is 0.500. The van der Waals surface area contributed by atoms with Crippen molar-refractivity contribution in [3.05, 3.63) is 31.0 Å². The highest BCUT2D eigenvalue weighted by Gasteiger charge is 2.31. The summed E-state index contributed by atoms with van der Waals surface area (Å²) >= 11 is 0. The Morgan fingerprint density at radius 2 is 2.29 bits per heavy atom. The van der Waals surface area contributed by atoms with Crippen molar-refractivity contribution in [2.75, 3.05) is 32.1 Å². The summed E-state index contributed by atoms with van der Waals surface area (Å²) in [5.41, 5.74) is 0.